The standard InChI is InChI=1S/C12H16N2/c1-9(2)11-5-3-4-6-12(11)14-10-7-13-8-10/h3-6,10,13-14H,1,7-8H2,2H3. The molecular formula is C12H16N2. The molecule has 0 radical (unpaired) electrons. The number of benzene rings is 1. The highest BCUT2D eigenvalue weighted by Crippen LogP contribution is 2.22. The first-order chi connectivity index (χ1) is 6.77. The average Bonchev–Trinajstić information content (AvgIpc) is 2.12. The third-order valence-electron chi connectivity index (χ3n) is 2.53. The van der Waals surface area contributed by atoms with Crippen molar-refractivity contribution in [3.8, 4) is 0 Å². The van der Waals surface area contributed by atoms with Gasteiger partial charge in [0.15, 0.2) is 0 Å². The van der Waals surface area contributed by atoms with Gasteiger partial charge in [0.25, 0.3) is 0 Å². The fraction of sp³-hybridized carbons (Fsp3) is 0.333. The quantitative estimate of drug-likeness (QED) is 0.759. The zero-order valence-corrected chi connectivity index (χ0v) is 8.51. The first-order valence-electron chi connectivity index (χ1n) is 4.99. The Morgan fingerprint density at radius 1 is 1.43 bits per heavy atom. The van der Waals surface area contributed by atoms with Gasteiger partial charge in [0.05, 0.1) is 6.04 Å². The number of hydrogen-bond acceptors (Lipinski definition) is 2. The Bertz CT molecular complexity index is 340. The molecule has 2 rings (SSSR count). The summed E-state index contributed by atoms with van der Waals surface area (Å²) in [5, 5.41) is 6.75. The van der Waals surface area contributed by atoms with Crippen LogP contribution in [0.3, 0.4) is 0 Å². The minimum atomic E-state index is 0.579. The third kappa shape index (κ3) is 1.80. The van der Waals surface area contributed by atoms with Crippen LogP contribution in [0.15, 0.2) is 30.8 Å². The van der Waals surface area contributed by atoms with Crippen LogP contribution >= 0.6 is 0 Å². The molecule has 14 heavy (non-hydrogen) atoms. The van der Waals surface area contributed by atoms with Gasteiger partial charge in [-0.05, 0) is 24.1 Å². The molecule has 1 fully saturated rings. The van der Waals surface area contributed by atoms with Gasteiger partial charge in [0, 0.05) is 18.8 Å². The molecule has 1 aromatic rings. The Labute approximate surface area is 85.0 Å². The van der Waals surface area contributed by atoms with Gasteiger partial charge in [-0.3, -0.25) is 0 Å². The molecule has 1 aliphatic heterocycles. The van der Waals surface area contributed by atoms with Crippen molar-refractivity contribution in [3.63, 3.8) is 0 Å². The van der Waals surface area contributed by atoms with Crippen LogP contribution in [-0.2, 0) is 0 Å². The fourth-order valence-corrected chi connectivity index (χ4v) is 1.59. The molecule has 0 spiro atoms. The van der Waals surface area contributed by atoms with Crippen molar-refractivity contribution in [3.05, 3.63) is 36.4 Å². The molecule has 0 unspecified atom stereocenters. The van der Waals surface area contributed by atoms with Gasteiger partial charge in [-0.25, -0.2) is 0 Å². The largest absolute Gasteiger partial charge is 0.379 e. The number of anilines is 1. The molecule has 2 N–H and O–H groups in total. The second kappa shape index (κ2) is 3.84. The topological polar surface area (TPSA) is 24.1 Å². The molecule has 0 bridgehead atoms. The Morgan fingerprint density at radius 2 is 2.14 bits per heavy atom. The van der Waals surface area contributed by atoms with Gasteiger partial charge in [-0.1, -0.05) is 24.8 Å². The van der Waals surface area contributed by atoms with Gasteiger partial charge in [-0.15, -0.1) is 0 Å². The molecule has 0 amide bonds. The summed E-state index contributed by atoms with van der Waals surface area (Å²) in [4.78, 5) is 0. The fourth-order valence-electron chi connectivity index (χ4n) is 1.59. The summed E-state index contributed by atoms with van der Waals surface area (Å²) in [6, 6.07) is 8.91. The minimum Gasteiger partial charge on any atom is -0.379 e. The maximum atomic E-state index is 3.98. The smallest absolute Gasteiger partial charge is 0.0510 e. The highest BCUT2D eigenvalue weighted by atomic mass is 15.1. The van der Waals surface area contributed by atoms with Crippen molar-refractivity contribution < 1.29 is 0 Å². The van der Waals surface area contributed by atoms with Crippen molar-refractivity contribution >= 4 is 11.3 Å². The van der Waals surface area contributed by atoms with E-state index in [-0.39, 0.29) is 0 Å². The monoisotopic (exact) mass is 188 g/mol. The van der Waals surface area contributed by atoms with E-state index in [4.69, 9.17) is 0 Å². The summed E-state index contributed by atoms with van der Waals surface area (Å²) in [7, 11) is 0. The lowest BCUT2D eigenvalue weighted by atomic mass is 10.1. The van der Waals surface area contributed by atoms with E-state index in [0.717, 1.165) is 18.7 Å². The van der Waals surface area contributed by atoms with Crippen LogP contribution in [0.5, 0.6) is 0 Å². The van der Waals surface area contributed by atoms with Crippen molar-refractivity contribution in [2.45, 2.75) is 13.0 Å². The summed E-state index contributed by atoms with van der Waals surface area (Å²) in [6.07, 6.45) is 0. The number of para-hydroxylation sites is 1. The number of allylic oxidation sites excluding steroid dienone is 1. The van der Waals surface area contributed by atoms with E-state index >= 15 is 0 Å². The van der Waals surface area contributed by atoms with E-state index in [1.54, 1.807) is 0 Å². The highest BCUT2D eigenvalue weighted by Gasteiger charge is 2.16. The van der Waals surface area contributed by atoms with Crippen LogP contribution in [0.2, 0.25) is 0 Å². The number of nitrogens with one attached hydrogen (secondary N) is 2. The highest BCUT2D eigenvalue weighted by molar-refractivity contribution is 5.74. The summed E-state index contributed by atoms with van der Waals surface area (Å²) < 4.78 is 0. The second-order valence-corrected chi connectivity index (χ2v) is 3.83. The van der Waals surface area contributed by atoms with Gasteiger partial charge in [0.2, 0.25) is 0 Å². The summed E-state index contributed by atoms with van der Waals surface area (Å²) in [6.45, 7) is 8.14. The first kappa shape index (κ1) is 9.28. The van der Waals surface area contributed by atoms with E-state index in [2.05, 4.69) is 35.4 Å². The van der Waals surface area contributed by atoms with E-state index in [0.29, 0.717) is 6.04 Å². The van der Waals surface area contributed by atoms with Crippen molar-refractivity contribution in [2.75, 3.05) is 18.4 Å². The van der Waals surface area contributed by atoms with Crippen molar-refractivity contribution in [1.82, 2.24) is 5.32 Å². The maximum absolute atomic E-state index is 3.98. The van der Waals surface area contributed by atoms with Crippen molar-refractivity contribution in [2.24, 2.45) is 0 Å². The van der Waals surface area contributed by atoms with E-state index in [1.165, 1.54) is 11.3 Å². The zero-order chi connectivity index (χ0) is 9.97. The lowest BCUT2D eigenvalue weighted by Crippen LogP contribution is -2.51. The van der Waals surface area contributed by atoms with Crippen LogP contribution < -0.4 is 10.6 Å². The molecule has 0 saturated carbocycles. The Morgan fingerprint density at radius 3 is 2.71 bits per heavy atom. The molecule has 1 aromatic carbocycles. The molecule has 74 valence electrons. The molecular weight excluding hydrogens is 172 g/mol. The average molecular weight is 188 g/mol. The Balaban J connectivity index is 2.17. The SMILES string of the molecule is C=C(C)c1ccccc1NC1CNC1. The second-order valence-electron chi connectivity index (χ2n) is 3.83. The zero-order valence-electron chi connectivity index (χ0n) is 8.51. The van der Waals surface area contributed by atoms with Crippen LogP contribution in [0.25, 0.3) is 5.57 Å². The first-order valence-corrected chi connectivity index (χ1v) is 4.99. The molecule has 1 heterocycles. The number of hydrogen-bond donors (Lipinski definition) is 2. The van der Waals surface area contributed by atoms with Gasteiger partial charge >= 0.3 is 0 Å². The molecule has 2 heteroatoms. The maximum Gasteiger partial charge on any atom is 0.0510 e. The molecule has 0 aromatic heterocycles. The van der Waals surface area contributed by atoms with Gasteiger partial charge < -0.3 is 10.6 Å². The summed E-state index contributed by atoms with van der Waals surface area (Å²) >= 11 is 0. The predicted octanol–water partition coefficient (Wildman–Crippen LogP) is 2.10. The van der Waals surface area contributed by atoms with Crippen molar-refractivity contribution in [1.29, 1.82) is 0 Å². The molecule has 1 saturated heterocycles. The lowest BCUT2D eigenvalue weighted by Gasteiger charge is -2.30. The predicted molar refractivity (Wildman–Crippen MR) is 61.4 cm³/mol. The van der Waals surface area contributed by atoms with E-state index < -0.39 is 0 Å². The third-order valence-corrected chi connectivity index (χ3v) is 2.53. The summed E-state index contributed by atoms with van der Waals surface area (Å²) in [5.74, 6) is 0. The van der Waals surface area contributed by atoms with E-state index in [1.807, 2.05) is 13.0 Å². The molecule has 1 aliphatic rings. The Kier molecular flexibility index (Phi) is 2.55. The van der Waals surface area contributed by atoms with Gasteiger partial charge in [0.1, 0.15) is 0 Å². The van der Waals surface area contributed by atoms with Crippen LogP contribution in [0.4, 0.5) is 5.69 Å². The summed E-state index contributed by atoms with van der Waals surface area (Å²) in [5.41, 5.74) is 3.53. The Hall–Kier alpha value is -1.28. The lowest BCUT2D eigenvalue weighted by molar-refractivity contribution is 0.472. The number of rotatable bonds is 3. The van der Waals surface area contributed by atoms with Gasteiger partial charge in [-0.2, -0.15) is 0 Å². The minimum absolute atomic E-state index is 0.579. The molecule has 0 atom stereocenters. The van der Waals surface area contributed by atoms with Crippen LogP contribution in [-0.4, -0.2) is 19.1 Å². The molecule has 2 nitrogen and oxygen atoms in total. The van der Waals surface area contributed by atoms with E-state index in [9.17, 15) is 0 Å². The molecule has 0 aliphatic carbocycles. The van der Waals surface area contributed by atoms with Crippen LogP contribution in [0, 0.1) is 0 Å². The van der Waals surface area contributed by atoms with Crippen LogP contribution in [0.1, 0.15) is 12.5 Å². The normalized spacial score (nSPS) is 16.1.